The van der Waals surface area contributed by atoms with E-state index in [2.05, 4.69) is 20.4 Å². The SMILES string of the molecule is Cc1cc2ncc(C(=O)Nc3ccc4cc[nH]c4c3)c(=O)n2[nH]1. The number of amides is 1. The molecule has 7 heteroatoms. The number of carbonyl (C=O) groups excluding carboxylic acids is 1. The summed E-state index contributed by atoms with van der Waals surface area (Å²) in [5, 5.41) is 6.64. The first kappa shape index (κ1) is 13.3. The molecule has 0 saturated heterocycles. The number of aromatic amines is 2. The molecule has 0 aliphatic rings. The van der Waals surface area contributed by atoms with Crippen LogP contribution in [0.25, 0.3) is 16.6 Å². The summed E-state index contributed by atoms with van der Waals surface area (Å²) in [6.07, 6.45) is 3.13. The zero-order chi connectivity index (χ0) is 16.0. The number of fused-ring (bicyclic) bond motifs is 2. The minimum atomic E-state index is -0.491. The minimum Gasteiger partial charge on any atom is -0.361 e. The van der Waals surface area contributed by atoms with Crippen LogP contribution >= 0.6 is 0 Å². The number of aryl methyl sites for hydroxylation is 1. The number of aromatic nitrogens is 4. The summed E-state index contributed by atoms with van der Waals surface area (Å²) in [5.41, 5.74) is 2.35. The standard InChI is InChI=1S/C16H13N5O2/c1-9-6-14-18-8-12(16(23)21(14)20-9)15(22)19-11-3-2-10-4-5-17-13(10)7-11/h2-8,17,20H,1H3,(H,19,22). The normalized spacial score (nSPS) is 11.2. The molecule has 0 radical (unpaired) electrons. The lowest BCUT2D eigenvalue weighted by molar-refractivity contribution is 0.102. The van der Waals surface area contributed by atoms with Crippen molar-refractivity contribution in [3.63, 3.8) is 0 Å². The van der Waals surface area contributed by atoms with Gasteiger partial charge in [0.1, 0.15) is 5.56 Å². The Morgan fingerprint density at radius 1 is 1.26 bits per heavy atom. The molecule has 114 valence electrons. The molecule has 0 aliphatic heterocycles. The highest BCUT2D eigenvalue weighted by Gasteiger charge is 2.14. The van der Waals surface area contributed by atoms with Crippen molar-refractivity contribution in [3.05, 3.63) is 64.3 Å². The van der Waals surface area contributed by atoms with Gasteiger partial charge in [-0.25, -0.2) is 9.50 Å². The van der Waals surface area contributed by atoms with Gasteiger partial charge >= 0.3 is 0 Å². The average Bonchev–Trinajstić information content (AvgIpc) is 3.13. The van der Waals surface area contributed by atoms with Crippen molar-refractivity contribution < 1.29 is 4.79 Å². The molecule has 3 N–H and O–H groups in total. The molecule has 7 nitrogen and oxygen atoms in total. The zero-order valence-electron chi connectivity index (χ0n) is 12.3. The molecule has 23 heavy (non-hydrogen) atoms. The fraction of sp³-hybridized carbons (Fsp3) is 0.0625. The smallest absolute Gasteiger partial charge is 0.285 e. The summed E-state index contributed by atoms with van der Waals surface area (Å²) in [6, 6.07) is 9.18. The van der Waals surface area contributed by atoms with Gasteiger partial charge in [-0.1, -0.05) is 6.07 Å². The van der Waals surface area contributed by atoms with E-state index < -0.39 is 11.5 Å². The highest BCUT2D eigenvalue weighted by Crippen LogP contribution is 2.18. The van der Waals surface area contributed by atoms with Crippen LogP contribution in [0.3, 0.4) is 0 Å². The number of H-pyrrole nitrogens is 2. The molecule has 3 heterocycles. The van der Waals surface area contributed by atoms with Crippen molar-refractivity contribution in [1.29, 1.82) is 0 Å². The maximum absolute atomic E-state index is 12.4. The van der Waals surface area contributed by atoms with Crippen LogP contribution in [-0.2, 0) is 0 Å². The molecule has 0 fully saturated rings. The van der Waals surface area contributed by atoms with Crippen molar-refractivity contribution in [3.8, 4) is 0 Å². The van der Waals surface area contributed by atoms with Gasteiger partial charge in [-0.15, -0.1) is 0 Å². The van der Waals surface area contributed by atoms with Gasteiger partial charge in [0.25, 0.3) is 11.5 Å². The van der Waals surface area contributed by atoms with Crippen LogP contribution in [-0.4, -0.2) is 25.5 Å². The number of hydrogen-bond donors (Lipinski definition) is 3. The second-order valence-electron chi connectivity index (χ2n) is 5.34. The Morgan fingerprint density at radius 3 is 3.00 bits per heavy atom. The van der Waals surface area contributed by atoms with Crippen LogP contribution in [0.5, 0.6) is 0 Å². The summed E-state index contributed by atoms with van der Waals surface area (Å²) >= 11 is 0. The summed E-state index contributed by atoms with van der Waals surface area (Å²) in [6.45, 7) is 1.82. The molecule has 0 spiro atoms. The molecule has 1 aromatic carbocycles. The molecule has 0 saturated carbocycles. The lowest BCUT2D eigenvalue weighted by Crippen LogP contribution is -2.26. The van der Waals surface area contributed by atoms with Crippen LogP contribution in [0.15, 0.2) is 47.5 Å². The molecule has 3 aromatic heterocycles. The first-order valence-electron chi connectivity index (χ1n) is 7.08. The molecule has 0 bridgehead atoms. The number of benzene rings is 1. The Kier molecular flexibility index (Phi) is 2.80. The number of hydrogen-bond acceptors (Lipinski definition) is 3. The summed E-state index contributed by atoms with van der Waals surface area (Å²) in [5.74, 6) is -0.491. The van der Waals surface area contributed by atoms with Crippen molar-refractivity contribution >= 4 is 28.1 Å². The Balaban J connectivity index is 1.71. The van der Waals surface area contributed by atoms with E-state index in [9.17, 15) is 9.59 Å². The summed E-state index contributed by atoms with van der Waals surface area (Å²) in [7, 11) is 0. The number of nitrogens with zero attached hydrogens (tertiary/aromatic N) is 2. The Morgan fingerprint density at radius 2 is 2.13 bits per heavy atom. The first-order chi connectivity index (χ1) is 11.1. The zero-order valence-corrected chi connectivity index (χ0v) is 12.3. The third kappa shape index (κ3) is 2.18. The van der Waals surface area contributed by atoms with Gasteiger partial charge in [-0.3, -0.25) is 14.7 Å². The predicted molar refractivity (Wildman–Crippen MR) is 86.8 cm³/mol. The van der Waals surface area contributed by atoms with Gasteiger partial charge in [-0.05, 0) is 30.5 Å². The van der Waals surface area contributed by atoms with Crippen LogP contribution < -0.4 is 10.9 Å². The van der Waals surface area contributed by atoms with Crippen molar-refractivity contribution in [2.75, 3.05) is 5.32 Å². The number of carbonyl (C=O) groups is 1. The Hall–Kier alpha value is -3.35. The van der Waals surface area contributed by atoms with Crippen molar-refractivity contribution in [2.45, 2.75) is 6.92 Å². The van der Waals surface area contributed by atoms with E-state index in [0.717, 1.165) is 16.6 Å². The highest BCUT2D eigenvalue weighted by atomic mass is 16.2. The predicted octanol–water partition coefficient (Wildman–Crippen LogP) is 2.06. The van der Waals surface area contributed by atoms with Gasteiger partial charge < -0.3 is 10.3 Å². The van der Waals surface area contributed by atoms with E-state index in [4.69, 9.17) is 0 Å². The second-order valence-corrected chi connectivity index (χ2v) is 5.34. The maximum atomic E-state index is 12.4. The van der Waals surface area contributed by atoms with E-state index in [1.54, 1.807) is 12.1 Å². The van der Waals surface area contributed by atoms with Crippen LogP contribution in [0.4, 0.5) is 5.69 Å². The minimum absolute atomic E-state index is 0.0177. The number of nitrogens with one attached hydrogen (secondary N) is 3. The van der Waals surface area contributed by atoms with Crippen molar-refractivity contribution in [2.24, 2.45) is 0 Å². The molecule has 0 atom stereocenters. The largest absolute Gasteiger partial charge is 0.361 e. The van der Waals surface area contributed by atoms with Crippen LogP contribution in [0.1, 0.15) is 16.1 Å². The van der Waals surface area contributed by atoms with Crippen molar-refractivity contribution in [1.82, 2.24) is 19.6 Å². The van der Waals surface area contributed by atoms with Gasteiger partial charge in [0.05, 0.1) is 0 Å². The molecule has 0 unspecified atom stereocenters. The number of anilines is 1. The average molecular weight is 307 g/mol. The third-order valence-corrected chi connectivity index (χ3v) is 3.68. The lowest BCUT2D eigenvalue weighted by atomic mass is 10.2. The quantitative estimate of drug-likeness (QED) is 0.529. The van der Waals surface area contributed by atoms with E-state index in [1.807, 2.05) is 31.3 Å². The van der Waals surface area contributed by atoms with Gasteiger partial charge in [0.15, 0.2) is 5.65 Å². The van der Waals surface area contributed by atoms with Gasteiger partial charge in [0, 0.05) is 35.4 Å². The lowest BCUT2D eigenvalue weighted by Gasteiger charge is -2.05. The van der Waals surface area contributed by atoms with Crippen LogP contribution in [0.2, 0.25) is 0 Å². The molecular weight excluding hydrogens is 294 g/mol. The fourth-order valence-electron chi connectivity index (χ4n) is 2.56. The maximum Gasteiger partial charge on any atom is 0.285 e. The highest BCUT2D eigenvalue weighted by molar-refractivity contribution is 6.04. The Labute approximate surface area is 130 Å². The topological polar surface area (TPSA) is 95.0 Å². The summed E-state index contributed by atoms with van der Waals surface area (Å²) < 4.78 is 1.26. The van der Waals surface area contributed by atoms with E-state index in [1.165, 1.54) is 10.7 Å². The summed E-state index contributed by atoms with van der Waals surface area (Å²) in [4.78, 5) is 31.9. The third-order valence-electron chi connectivity index (χ3n) is 3.68. The first-order valence-corrected chi connectivity index (χ1v) is 7.08. The monoisotopic (exact) mass is 307 g/mol. The molecule has 4 aromatic rings. The molecule has 4 rings (SSSR count). The number of rotatable bonds is 2. The fourth-order valence-corrected chi connectivity index (χ4v) is 2.56. The van der Waals surface area contributed by atoms with E-state index in [0.29, 0.717) is 11.3 Å². The molecule has 1 amide bonds. The second kappa shape index (κ2) is 4.84. The Bertz CT molecular complexity index is 1100. The molecule has 0 aliphatic carbocycles. The van der Waals surface area contributed by atoms with Crippen LogP contribution in [0, 0.1) is 6.92 Å². The van der Waals surface area contributed by atoms with Gasteiger partial charge in [-0.2, -0.15) is 0 Å². The van der Waals surface area contributed by atoms with Gasteiger partial charge in [0.2, 0.25) is 0 Å². The molecular formula is C16H13N5O2. The van der Waals surface area contributed by atoms with E-state index >= 15 is 0 Å². The van der Waals surface area contributed by atoms with E-state index in [-0.39, 0.29) is 5.56 Å².